The highest BCUT2D eigenvalue weighted by atomic mass is 32.2. The number of nitrogens with zero attached hydrogens (tertiary/aromatic N) is 4. The van der Waals surface area contributed by atoms with Gasteiger partial charge in [-0.1, -0.05) is 72.4 Å². The standard InChI is InChI=1S/C25H20N4OS/c1-17-19-11-5-7-13-21(19)27-23(26-17)16-31-25-28-22-14-8-6-12-20(22)24(30)29(25)15-18-9-3-2-4-10-18/h2-14H,15-16H2,1H3. The third-order valence-corrected chi connectivity index (χ3v) is 6.15. The molecule has 0 unspecified atom stereocenters. The molecule has 0 N–H and O–H groups in total. The van der Waals surface area contributed by atoms with Crippen molar-refractivity contribution in [3.63, 3.8) is 0 Å². The minimum absolute atomic E-state index is 0.0347. The van der Waals surface area contributed by atoms with Gasteiger partial charge in [0.15, 0.2) is 5.16 Å². The molecule has 5 nitrogen and oxygen atoms in total. The van der Waals surface area contributed by atoms with E-state index >= 15 is 0 Å². The van der Waals surface area contributed by atoms with Crippen molar-refractivity contribution in [1.82, 2.24) is 19.5 Å². The average molecular weight is 425 g/mol. The van der Waals surface area contributed by atoms with Crippen LogP contribution in [-0.4, -0.2) is 19.5 Å². The fourth-order valence-electron chi connectivity index (χ4n) is 3.65. The first-order chi connectivity index (χ1) is 15.2. The maximum atomic E-state index is 13.3. The van der Waals surface area contributed by atoms with Crippen LogP contribution >= 0.6 is 11.8 Å². The van der Waals surface area contributed by atoms with Crippen molar-refractivity contribution in [2.24, 2.45) is 0 Å². The van der Waals surface area contributed by atoms with E-state index in [-0.39, 0.29) is 5.56 Å². The molecule has 0 bridgehead atoms. The lowest BCUT2D eigenvalue weighted by Crippen LogP contribution is -2.24. The number of hydrogen-bond donors (Lipinski definition) is 0. The van der Waals surface area contributed by atoms with Crippen molar-refractivity contribution in [3.05, 3.63) is 106 Å². The summed E-state index contributed by atoms with van der Waals surface area (Å²) < 4.78 is 1.75. The molecular weight excluding hydrogens is 404 g/mol. The summed E-state index contributed by atoms with van der Waals surface area (Å²) >= 11 is 1.49. The van der Waals surface area contributed by atoms with Gasteiger partial charge in [-0.3, -0.25) is 9.36 Å². The predicted molar refractivity (Wildman–Crippen MR) is 125 cm³/mol. The van der Waals surface area contributed by atoms with E-state index in [1.807, 2.05) is 85.8 Å². The Bertz CT molecular complexity index is 1450. The van der Waals surface area contributed by atoms with Gasteiger partial charge in [-0.25, -0.2) is 15.0 Å². The molecule has 2 heterocycles. The summed E-state index contributed by atoms with van der Waals surface area (Å²) in [6.45, 7) is 2.47. The zero-order valence-corrected chi connectivity index (χ0v) is 17.8. The molecule has 3 aromatic carbocycles. The second-order valence-corrected chi connectivity index (χ2v) is 8.26. The molecular formula is C25H20N4OS. The maximum Gasteiger partial charge on any atom is 0.262 e. The van der Waals surface area contributed by atoms with E-state index in [1.165, 1.54) is 11.8 Å². The van der Waals surface area contributed by atoms with Crippen molar-refractivity contribution in [1.29, 1.82) is 0 Å². The molecule has 5 rings (SSSR count). The fraction of sp³-hybridized carbons (Fsp3) is 0.120. The maximum absolute atomic E-state index is 13.3. The lowest BCUT2D eigenvalue weighted by molar-refractivity contribution is 0.658. The van der Waals surface area contributed by atoms with Crippen LogP contribution in [-0.2, 0) is 12.3 Å². The highest BCUT2D eigenvalue weighted by molar-refractivity contribution is 7.98. The number of fused-ring (bicyclic) bond motifs is 2. The van der Waals surface area contributed by atoms with Gasteiger partial charge in [0.25, 0.3) is 5.56 Å². The zero-order chi connectivity index (χ0) is 21.2. The summed E-state index contributed by atoms with van der Waals surface area (Å²) in [7, 11) is 0. The first-order valence-electron chi connectivity index (χ1n) is 10.1. The monoisotopic (exact) mass is 424 g/mol. The van der Waals surface area contributed by atoms with Gasteiger partial charge in [0, 0.05) is 11.1 Å². The summed E-state index contributed by atoms with van der Waals surface area (Å²) in [5, 5.41) is 2.35. The topological polar surface area (TPSA) is 60.7 Å². The molecule has 0 aliphatic rings. The number of thioether (sulfide) groups is 1. The van der Waals surface area contributed by atoms with Crippen LogP contribution in [0, 0.1) is 6.92 Å². The molecule has 0 saturated carbocycles. The van der Waals surface area contributed by atoms with E-state index < -0.39 is 0 Å². The Hall–Kier alpha value is -3.51. The first kappa shape index (κ1) is 19.5. The number of hydrogen-bond acceptors (Lipinski definition) is 5. The van der Waals surface area contributed by atoms with Gasteiger partial charge in [-0.05, 0) is 30.7 Å². The zero-order valence-electron chi connectivity index (χ0n) is 17.0. The van der Waals surface area contributed by atoms with E-state index in [9.17, 15) is 4.79 Å². The van der Waals surface area contributed by atoms with Gasteiger partial charge in [-0.15, -0.1) is 0 Å². The Balaban J connectivity index is 1.54. The number of aromatic nitrogens is 4. The first-order valence-corrected chi connectivity index (χ1v) is 11.1. The van der Waals surface area contributed by atoms with E-state index in [2.05, 4.69) is 4.98 Å². The van der Waals surface area contributed by atoms with Crippen LogP contribution in [0.1, 0.15) is 17.1 Å². The molecule has 5 aromatic rings. The molecule has 2 aromatic heterocycles. The Morgan fingerprint density at radius 2 is 1.42 bits per heavy atom. The normalized spacial score (nSPS) is 11.3. The molecule has 152 valence electrons. The van der Waals surface area contributed by atoms with Crippen LogP contribution in [0.2, 0.25) is 0 Å². The molecule has 0 radical (unpaired) electrons. The minimum atomic E-state index is -0.0347. The number of aryl methyl sites for hydroxylation is 1. The van der Waals surface area contributed by atoms with Crippen LogP contribution in [0.15, 0.2) is 88.8 Å². The highest BCUT2D eigenvalue weighted by Crippen LogP contribution is 2.23. The number of rotatable bonds is 5. The smallest absolute Gasteiger partial charge is 0.262 e. The van der Waals surface area contributed by atoms with Gasteiger partial charge in [-0.2, -0.15) is 0 Å². The molecule has 0 amide bonds. The predicted octanol–water partition coefficient (Wildman–Crippen LogP) is 4.99. The van der Waals surface area contributed by atoms with E-state index in [1.54, 1.807) is 4.57 Å². The van der Waals surface area contributed by atoms with Crippen LogP contribution in [0.4, 0.5) is 0 Å². The molecule has 0 saturated heterocycles. The third-order valence-electron chi connectivity index (χ3n) is 5.18. The Morgan fingerprint density at radius 1 is 0.774 bits per heavy atom. The molecule has 0 aliphatic carbocycles. The van der Waals surface area contributed by atoms with Gasteiger partial charge >= 0.3 is 0 Å². The quantitative estimate of drug-likeness (QED) is 0.294. The van der Waals surface area contributed by atoms with E-state index in [0.717, 1.165) is 28.0 Å². The summed E-state index contributed by atoms with van der Waals surface area (Å²) in [6, 6.07) is 25.5. The van der Waals surface area contributed by atoms with Crippen LogP contribution in [0.3, 0.4) is 0 Å². The van der Waals surface area contributed by atoms with Crippen molar-refractivity contribution in [2.45, 2.75) is 24.4 Å². The molecule has 6 heteroatoms. The van der Waals surface area contributed by atoms with Gasteiger partial charge in [0.1, 0.15) is 5.82 Å². The van der Waals surface area contributed by atoms with Crippen molar-refractivity contribution in [2.75, 3.05) is 0 Å². The second-order valence-electron chi connectivity index (χ2n) is 7.32. The molecule has 0 spiro atoms. The van der Waals surface area contributed by atoms with Crippen LogP contribution in [0.5, 0.6) is 0 Å². The fourth-order valence-corrected chi connectivity index (χ4v) is 4.51. The average Bonchev–Trinajstić information content (AvgIpc) is 2.80. The summed E-state index contributed by atoms with van der Waals surface area (Å²) in [5.41, 5.74) is 3.61. The Labute approximate surface area is 183 Å². The van der Waals surface area contributed by atoms with Crippen molar-refractivity contribution in [3.8, 4) is 0 Å². The van der Waals surface area contributed by atoms with Gasteiger partial charge in [0.05, 0.1) is 28.7 Å². The Kier molecular flexibility index (Phi) is 5.22. The molecule has 0 fully saturated rings. The largest absolute Gasteiger partial charge is 0.283 e. The summed E-state index contributed by atoms with van der Waals surface area (Å²) in [4.78, 5) is 27.4. The number of benzene rings is 3. The van der Waals surface area contributed by atoms with Gasteiger partial charge in [0.2, 0.25) is 0 Å². The summed E-state index contributed by atoms with van der Waals surface area (Å²) in [6.07, 6.45) is 0. The Morgan fingerprint density at radius 3 is 2.19 bits per heavy atom. The SMILES string of the molecule is Cc1nc(CSc2nc3ccccc3c(=O)n2Cc2ccccc2)nc2ccccc12. The molecule has 0 aliphatic heterocycles. The van der Waals surface area contributed by atoms with Crippen molar-refractivity contribution >= 4 is 33.6 Å². The molecule has 0 atom stereocenters. The van der Waals surface area contributed by atoms with Crippen LogP contribution in [0.25, 0.3) is 21.8 Å². The minimum Gasteiger partial charge on any atom is -0.283 e. The molecule has 31 heavy (non-hydrogen) atoms. The van der Waals surface area contributed by atoms with Crippen molar-refractivity contribution < 1.29 is 0 Å². The van der Waals surface area contributed by atoms with Crippen LogP contribution < -0.4 is 5.56 Å². The lowest BCUT2D eigenvalue weighted by Gasteiger charge is -2.13. The number of para-hydroxylation sites is 2. The highest BCUT2D eigenvalue weighted by Gasteiger charge is 2.13. The van der Waals surface area contributed by atoms with Gasteiger partial charge < -0.3 is 0 Å². The van der Waals surface area contributed by atoms with E-state index in [4.69, 9.17) is 9.97 Å². The summed E-state index contributed by atoms with van der Waals surface area (Å²) in [5.74, 6) is 1.26. The third kappa shape index (κ3) is 3.94. The van der Waals surface area contributed by atoms with E-state index in [0.29, 0.717) is 28.4 Å². The lowest BCUT2D eigenvalue weighted by atomic mass is 10.2. The second kappa shape index (κ2) is 8.32.